The number of amides is 1. The van der Waals surface area contributed by atoms with Gasteiger partial charge < -0.3 is 0 Å². The monoisotopic (exact) mass is 201 g/mol. The van der Waals surface area contributed by atoms with Crippen molar-refractivity contribution in [1.29, 1.82) is 0 Å². The fourth-order valence-corrected chi connectivity index (χ4v) is 1.69. The average Bonchev–Trinajstić information content (AvgIpc) is 2.08. The third kappa shape index (κ3) is 1.64. The fourth-order valence-electron chi connectivity index (χ4n) is 0.599. The Morgan fingerprint density at radius 1 is 1.55 bits per heavy atom. The van der Waals surface area contributed by atoms with Crippen molar-refractivity contribution in [2.24, 2.45) is 0 Å². The van der Waals surface area contributed by atoms with Crippen LogP contribution in [0.3, 0.4) is 0 Å². The normalized spacial score (nSPS) is 19.7. The molecule has 1 heterocycles. The first-order chi connectivity index (χ1) is 4.93. The Bertz CT molecular complexity index is 198. The molecule has 62 valence electrons. The highest BCUT2D eigenvalue weighted by atomic mass is 32.2. The number of carbonyl (C=O) groups is 1. The number of nitrogens with zero attached hydrogens (tertiary/aromatic N) is 1. The lowest BCUT2D eigenvalue weighted by atomic mass is 10.6. The molecular weight excluding hydrogens is 199 g/mol. The molecule has 0 aromatic heterocycles. The Morgan fingerprint density at radius 2 is 2.09 bits per heavy atom. The van der Waals surface area contributed by atoms with Crippen LogP contribution >= 0.6 is 24.0 Å². The minimum atomic E-state index is -4.66. The molecule has 1 saturated heterocycles. The van der Waals surface area contributed by atoms with E-state index in [9.17, 15) is 18.0 Å². The summed E-state index contributed by atoms with van der Waals surface area (Å²) in [6.07, 6.45) is -4.66. The zero-order valence-electron chi connectivity index (χ0n) is 5.01. The van der Waals surface area contributed by atoms with E-state index < -0.39 is 16.5 Å². The maximum Gasteiger partial charge on any atom is 0.492 e. The van der Waals surface area contributed by atoms with Crippen molar-refractivity contribution >= 4 is 34.2 Å². The predicted molar refractivity (Wildman–Crippen MR) is 38.0 cm³/mol. The quantitative estimate of drug-likeness (QED) is 0.436. The van der Waals surface area contributed by atoms with Crippen molar-refractivity contribution in [2.45, 2.75) is 6.30 Å². The molecule has 0 bridgehead atoms. The van der Waals surface area contributed by atoms with Crippen molar-refractivity contribution in [1.82, 2.24) is 4.90 Å². The van der Waals surface area contributed by atoms with E-state index in [0.717, 1.165) is 11.8 Å². The number of carbonyl (C=O) groups excluding carboxylic acids is 1. The van der Waals surface area contributed by atoms with Crippen LogP contribution in [-0.2, 0) is 4.79 Å². The molecule has 1 fully saturated rings. The van der Waals surface area contributed by atoms with Crippen LogP contribution in [0.2, 0.25) is 0 Å². The van der Waals surface area contributed by atoms with Crippen LogP contribution in [-0.4, -0.2) is 27.2 Å². The van der Waals surface area contributed by atoms with Gasteiger partial charge in [-0.2, -0.15) is 0 Å². The van der Waals surface area contributed by atoms with Gasteiger partial charge in [-0.25, -0.2) is 4.90 Å². The first-order valence-electron chi connectivity index (χ1n) is 2.49. The maximum atomic E-state index is 11.9. The fraction of sp³-hybridized carbons (Fsp3) is 0.500. The van der Waals surface area contributed by atoms with Crippen LogP contribution in [0.15, 0.2) is 0 Å². The highest BCUT2D eigenvalue weighted by Gasteiger charge is 2.47. The number of alkyl halides is 3. The van der Waals surface area contributed by atoms with E-state index in [1.165, 1.54) is 0 Å². The summed E-state index contributed by atoms with van der Waals surface area (Å²) in [5, 5.41) is 0. The summed E-state index contributed by atoms with van der Waals surface area (Å²) in [5.41, 5.74) is 0. The lowest BCUT2D eigenvalue weighted by molar-refractivity contribution is -0.213. The molecule has 0 aromatic carbocycles. The molecule has 1 amide bonds. The summed E-state index contributed by atoms with van der Waals surface area (Å²) in [6, 6.07) is 0. The van der Waals surface area contributed by atoms with Crippen LogP contribution < -0.4 is 0 Å². The Hall–Kier alpha value is -0.300. The van der Waals surface area contributed by atoms with E-state index in [-0.39, 0.29) is 10.7 Å². The molecule has 0 saturated carbocycles. The van der Waals surface area contributed by atoms with Crippen molar-refractivity contribution in [3.63, 3.8) is 0 Å². The molecular formula is C4H2F3NOS2. The van der Waals surface area contributed by atoms with Gasteiger partial charge in [0.1, 0.15) is 0 Å². The molecule has 11 heavy (non-hydrogen) atoms. The summed E-state index contributed by atoms with van der Waals surface area (Å²) >= 11 is 5.04. The molecule has 0 aliphatic carbocycles. The van der Waals surface area contributed by atoms with Crippen LogP contribution in [0.5, 0.6) is 0 Å². The van der Waals surface area contributed by atoms with Crippen molar-refractivity contribution < 1.29 is 18.0 Å². The van der Waals surface area contributed by atoms with Gasteiger partial charge in [-0.15, -0.1) is 13.2 Å². The Kier molecular flexibility index (Phi) is 2.10. The van der Waals surface area contributed by atoms with Crippen LogP contribution in [0.25, 0.3) is 0 Å². The van der Waals surface area contributed by atoms with Crippen molar-refractivity contribution in [3.05, 3.63) is 0 Å². The number of rotatable bonds is 0. The van der Waals surface area contributed by atoms with Gasteiger partial charge in [-0.05, 0) is 0 Å². The van der Waals surface area contributed by atoms with Crippen LogP contribution in [0, 0.1) is 0 Å². The lowest BCUT2D eigenvalue weighted by Gasteiger charge is -2.17. The molecule has 7 heteroatoms. The van der Waals surface area contributed by atoms with E-state index in [2.05, 4.69) is 12.2 Å². The molecule has 0 spiro atoms. The highest BCUT2D eigenvalue weighted by molar-refractivity contribution is 8.23. The van der Waals surface area contributed by atoms with Crippen LogP contribution in [0.4, 0.5) is 13.2 Å². The summed E-state index contributed by atoms with van der Waals surface area (Å²) in [7, 11) is 0. The SMILES string of the molecule is O=C1CSC(=S)N1C(F)(F)F. The first kappa shape index (κ1) is 8.79. The second kappa shape index (κ2) is 2.63. The summed E-state index contributed by atoms with van der Waals surface area (Å²) < 4.78 is 35.2. The van der Waals surface area contributed by atoms with Gasteiger partial charge in [-0.1, -0.05) is 24.0 Å². The topological polar surface area (TPSA) is 20.3 Å². The predicted octanol–water partition coefficient (Wildman–Crippen LogP) is 1.37. The molecule has 0 radical (unpaired) electrons. The molecule has 0 atom stereocenters. The minimum Gasteiger partial charge on any atom is -0.273 e. The molecule has 0 N–H and O–H groups in total. The minimum absolute atomic E-state index is 0.210. The first-order valence-corrected chi connectivity index (χ1v) is 3.89. The lowest BCUT2D eigenvalue weighted by Crippen LogP contribution is -2.41. The van der Waals surface area contributed by atoms with Gasteiger partial charge in [0, 0.05) is 0 Å². The van der Waals surface area contributed by atoms with E-state index in [1.807, 2.05) is 0 Å². The van der Waals surface area contributed by atoms with Gasteiger partial charge in [-0.3, -0.25) is 4.79 Å². The van der Waals surface area contributed by atoms with Gasteiger partial charge in [0.05, 0.1) is 5.75 Å². The maximum absolute atomic E-state index is 11.9. The van der Waals surface area contributed by atoms with Gasteiger partial charge in [0.15, 0.2) is 4.32 Å². The van der Waals surface area contributed by atoms with Crippen molar-refractivity contribution in [2.75, 3.05) is 5.75 Å². The number of thiocarbonyl (C=S) groups is 1. The molecule has 0 unspecified atom stereocenters. The second-order valence-corrected chi connectivity index (χ2v) is 3.36. The van der Waals surface area contributed by atoms with Crippen LogP contribution in [0.1, 0.15) is 0 Å². The van der Waals surface area contributed by atoms with Crippen molar-refractivity contribution in [3.8, 4) is 0 Å². The molecule has 1 aliphatic heterocycles. The summed E-state index contributed by atoms with van der Waals surface area (Å²) in [5.74, 6) is -1.20. The van der Waals surface area contributed by atoms with E-state index in [4.69, 9.17) is 0 Å². The molecule has 2 nitrogen and oxygen atoms in total. The standard InChI is InChI=1S/C4H2F3NOS2/c5-4(6,7)8-2(9)1-11-3(8)10/h1H2. The Morgan fingerprint density at radius 3 is 2.27 bits per heavy atom. The zero-order chi connectivity index (χ0) is 8.65. The third-order valence-electron chi connectivity index (χ3n) is 1.00. The largest absolute Gasteiger partial charge is 0.492 e. The number of thioether (sulfide) groups is 1. The number of hydrogen-bond acceptors (Lipinski definition) is 3. The Balaban J connectivity index is 2.85. The van der Waals surface area contributed by atoms with E-state index in [0.29, 0.717) is 0 Å². The summed E-state index contributed by atoms with van der Waals surface area (Å²) in [6.45, 7) is 0. The molecule has 1 rings (SSSR count). The van der Waals surface area contributed by atoms with Gasteiger partial charge in [0.2, 0.25) is 5.91 Å². The zero-order valence-corrected chi connectivity index (χ0v) is 6.65. The smallest absolute Gasteiger partial charge is 0.273 e. The second-order valence-electron chi connectivity index (χ2n) is 1.75. The average molecular weight is 201 g/mol. The van der Waals surface area contributed by atoms with E-state index in [1.54, 1.807) is 0 Å². The third-order valence-corrected chi connectivity index (χ3v) is 2.36. The molecule has 1 aliphatic rings. The number of hydrogen-bond donors (Lipinski definition) is 0. The van der Waals surface area contributed by atoms with E-state index >= 15 is 0 Å². The van der Waals surface area contributed by atoms with Gasteiger partial charge >= 0.3 is 6.30 Å². The highest BCUT2D eigenvalue weighted by Crippen LogP contribution is 2.30. The van der Waals surface area contributed by atoms with Gasteiger partial charge in [0.25, 0.3) is 0 Å². The molecule has 0 aromatic rings. The number of halogens is 3. The summed E-state index contributed by atoms with van der Waals surface area (Å²) in [4.78, 5) is 10.2. The Labute approximate surface area is 69.7 Å².